The molecule has 0 aliphatic carbocycles. The van der Waals surface area contributed by atoms with Gasteiger partial charge in [0.25, 0.3) is 0 Å². The third kappa shape index (κ3) is 4.90. The summed E-state index contributed by atoms with van der Waals surface area (Å²) in [7, 11) is -3.11. The first-order valence-electron chi connectivity index (χ1n) is 7.47. The highest BCUT2D eigenvalue weighted by Gasteiger charge is 2.30. The number of anilines is 1. The largest absolute Gasteiger partial charge is 0.399 e. The van der Waals surface area contributed by atoms with Gasteiger partial charge in [-0.3, -0.25) is 0 Å². The van der Waals surface area contributed by atoms with Crippen LogP contribution in [0.2, 0.25) is 0 Å². The van der Waals surface area contributed by atoms with Crippen LogP contribution in [-0.4, -0.2) is 37.3 Å². The average molecular weight is 329 g/mol. The minimum atomic E-state index is -3.11. The van der Waals surface area contributed by atoms with Crippen LogP contribution in [-0.2, 0) is 10.0 Å². The van der Waals surface area contributed by atoms with Gasteiger partial charge in [-0.2, -0.15) is 0 Å². The van der Waals surface area contributed by atoms with Crippen LogP contribution in [0.25, 0.3) is 0 Å². The average Bonchev–Trinajstić information content (AvgIpc) is 2.88. The minimum absolute atomic E-state index is 0.200. The van der Waals surface area contributed by atoms with Crippen molar-refractivity contribution in [1.29, 1.82) is 0 Å². The number of nitrogens with zero attached hydrogens (tertiary/aromatic N) is 1. The van der Waals surface area contributed by atoms with E-state index in [2.05, 4.69) is 6.92 Å². The van der Waals surface area contributed by atoms with E-state index in [0.717, 1.165) is 24.2 Å². The fourth-order valence-electron chi connectivity index (χ4n) is 2.69. The molecule has 1 aromatic carbocycles. The topological polar surface area (TPSA) is 63.4 Å². The highest BCUT2D eigenvalue weighted by Crippen LogP contribution is 2.25. The molecule has 1 aliphatic rings. The summed E-state index contributed by atoms with van der Waals surface area (Å²) in [5.74, 6) is 1.32. The van der Waals surface area contributed by atoms with Crippen molar-refractivity contribution >= 4 is 27.5 Å². The second kappa shape index (κ2) is 7.51. The van der Waals surface area contributed by atoms with Crippen LogP contribution >= 0.6 is 11.8 Å². The van der Waals surface area contributed by atoms with Crippen LogP contribution in [0.15, 0.2) is 29.2 Å². The second-order valence-corrected chi connectivity index (χ2v) is 8.80. The predicted molar refractivity (Wildman–Crippen MR) is 90.0 cm³/mol. The molecule has 0 radical (unpaired) electrons. The molecule has 0 spiro atoms. The summed E-state index contributed by atoms with van der Waals surface area (Å²) in [5.41, 5.74) is 6.43. The van der Waals surface area contributed by atoms with E-state index in [4.69, 9.17) is 5.73 Å². The number of hydrogen-bond acceptors (Lipinski definition) is 4. The maximum absolute atomic E-state index is 12.3. The van der Waals surface area contributed by atoms with E-state index in [9.17, 15) is 8.42 Å². The highest BCUT2D eigenvalue weighted by molar-refractivity contribution is 8.00. The van der Waals surface area contributed by atoms with Gasteiger partial charge < -0.3 is 5.73 Å². The smallest absolute Gasteiger partial charge is 0.214 e. The van der Waals surface area contributed by atoms with Gasteiger partial charge in [-0.05, 0) is 37.0 Å². The lowest BCUT2D eigenvalue weighted by molar-refractivity contribution is 0.445. The Morgan fingerprint density at radius 3 is 2.95 bits per heavy atom. The molecule has 6 heteroatoms. The van der Waals surface area contributed by atoms with Gasteiger partial charge in [-0.25, -0.2) is 12.7 Å². The Hall–Kier alpha value is -0.720. The van der Waals surface area contributed by atoms with Crippen LogP contribution in [0, 0.1) is 5.92 Å². The van der Waals surface area contributed by atoms with Crippen molar-refractivity contribution < 1.29 is 8.42 Å². The first-order chi connectivity index (χ1) is 10.0. The van der Waals surface area contributed by atoms with Crippen molar-refractivity contribution in [3.05, 3.63) is 24.3 Å². The van der Waals surface area contributed by atoms with E-state index in [0.29, 0.717) is 30.4 Å². The van der Waals surface area contributed by atoms with Gasteiger partial charge in [-0.1, -0.05) is 19.4 Å². The standard InChI is InChI=1S/C15H24N2O2S2/c1-2-4-13-7-8-17(12-13)21(18,19)10-9-20-15-6-3-5-14(16)11-15/h3,5-6,11,13H,2,4,7-10,12,16H2,1H3. The van der Waals surface area contributed by atoms with E-state index in [1.165, 1.54) is 0 Å². The van der Waals surface area contributed by atoms with Crippen molar-refractivity contribution in [2.45, 2.75) is 31.1 Å². The Morgan fingerprint density at radius 2 is 2.24 bits per heavy atom. The quantitative estimate of drug-likeness (QED) is 0.617. The Morgan fingerprint density at radius 1 is 1.43 bits per heavy atom. The van der Waals surface area contributed by atoms with Gasteiger partial charge in [0.15, 0.2) is 0 Å². The molecule has 0 aromatic heterocycles. The molecule has 4 nitrogen and oxygen atoms in total. The normalized spacial score (nSPS) is 20.0. The third-order valence-corrected chi connectivity index (χ3v) is 6.90. The summed E-state index contributed by atoms with van der Waals surface area (Å²) >= 11 is 1.55. The molecule has 21 heavy (non-hydrogen) atoms. The van der Waals surface area contributed by atoms with E-state index in [1.807, 2.05) is 24.3 Å². The molecule has 1 fully saturated rings. The first kappa shape index (κ1) is 16.6. The number of thioether (sulfide) groups is 1. The molecule has 2 N–H and O–H groups in total. The number of hydrogen-bond donors (Lipinski definition) is 1. The molecule has 1 aromatic rings. The monoisotopic (exact) mass is 328 g/mol. The zero-order valence-corrected chi connectivity index (χ0v) is 14.1. The maximum Gasteiger partial charge on any atom is 0.214 e. The summed E-state index contributed by atoms with van der Waals surface area (Å²) in [6.45, 7) is 3.55. The van der Waals surface area contributed by atoms with Crippen molar-refractivity contribution in [1.82, 2.24) is 4.31 Å². The summed E-state index contributed by atoms with van der Waals surface area (Å²) in [4.78, 5) is 1.02. The lowest BCUT2D eigenvalue weighted by Gasteiger charge is -2.16. The molecule has 1 unspecified atom stereocenters. The highest BCUT2D eigenvalue weighted by atomic mass is 32.2. The molecule has 0 saturated carbocycles. The van der Waals surface area contributed by atoms with E-state index in [1.54, 1.807) is 16.1 Å². The van der Waals surface area contributed by atoms with E-state index >= 15 is 0 Å². The lowest BCUT2D eigenvalue weighted by atomic mass is 10.0. The third-order valence-electron chi connectivity index (χ3n) is 3.81. The molecule has 1 atom stereocenters. The van der Waals surface area contributed by atoms with Gasteiger partial charge in [0.05, 0.1) is 5.75 Å². The fraction of sp³-hybridized carbons (Fsp3) is 0.600. The molecule has 0 bridgehead atoms. The van der Waals surface area contributed by atoms with Gasteiger partial charge in [0.1, 0.15) is 0 Å². The van der Waals surface area contributed by atoms with E-state index < -0.39 is 10.0 Å². The molecule has 1 aliphatic heterocycles. The molecule has 118 valence electrons. The van der Waals surface area contributed by atoms with Gasteiger partial charge in [0.2, 0.25) is 10.0 Å². The summed E-state index contributed by atoms with van der Waals surface area (Å²) < 4.78 is 26.3. The van der Waals surface area contributed by atoms with Gasteiger partial charge >= 0.3 is 0 Å². The number of nitrogens with two attached hydrogens (primary N) is 1. The fourth-order valence-corrected chi connectivity index (χ4v) is 5.58. The first-order valence-corrected chi connectivity index (χ1v) is 10.1. The SMILES string of the molecule is CCCC1CCN(S(=O)(=O)CCSc2cccc(N)c2)C1. The summed E-state index contributed by atoms with van der Waals surface area (Å²) in [6.07, 6.45) is 3.27. The molecule has 0 amide bonds. The molecular weight excluding hydrogens is 304 g/mol. The second-order valence-electron chi connectivity index (χ2n) is 5.54. The van der Waals surface area contributed by atoms with Crippen LogP contribution in [0.4, 0.5) is 5.69 Å². The van der Waals surface area contributed by atoms with Crippen LogP contribution < -0.4 is 5.73 Å². The predicted octanol–water partition coefficient (Wildman–Crippen LogP) is 2.81. The Kier molecular flexibility index (Phi) is 5.96. The maximum atomic E-state index is 12.3. The number of benzene rings is 1. The minimum Gasteiger partial charge on any atom is -0.399 e. The summed E-state index contributed by atoms with van der Waals surface area (Å²) in [5, 5.41) is 0. The Balaban J connectivity index is 1.82. The zero-order chi connectivity index (χ0) is 15.3. The number of nitrogen functional groups attached to an aromatic ring is 1. The Labute approximate surface area is 132 Å². The summed E-state index contributed by atoms with van der Waals surface area (Å²) in [6, 6.07) is 7.56. The van der Waals surface area contributed by atoms with Crippen LogP contribution in [0.5, 0.6) is 0 Å². The molecular formula is C15H24N2O2S2. The number of rotatable bonds is 7. The van der Waals surface area contributed by atoms with Gasteiger partial charge in [0, 0.05) is 29.4 Å². The lowest BCUT2D eigenvalue weighted by Crippen LogP contribution is -2.31. The van der Waals surface area contributed by atoms with Crippen molar-refractivity contribution in [3.8, 4) is 0 Å². The van der Waals surface area contributed by atoms with Crippen LogP contribution in [0.3, 0.4) is 0 Å². The van der Waals surface area contributed by atoms with E-state index in [-0.39, 0.29) is 5.75 Å². The van der Waals surface area contributed by atoms with Crippen molar-refractivity contribution in [3.63, 3.8) is 0 Å². The van der Waals surface area contributed by atoms with Crippen molar-refractivity contribution in [2.24, 2.45) is 5.92 Å². The number of sulfonamides is 1. The van der Waals surface area contributed by atoms with Gasteiger partial charge in [-0.15, -0.1) is 11.8 Å². The molecule has 1 heterocycles. The van der Waals surface area contributed by atoms with Crippen LogP contribution in [0.1, 0.15) is 26.2 Å². The molecule has 2 rings (SSSR count). The Bertz CT molecular complexity index is 561. The van der Waals surface area contributed by atoms with Crippen molar-refractivity contribution in [2.75, 3.05) is 30.3 Å². The zero-order valence-electron chi connectivity index (χ0n) is 12.5. The molecule has 1 saturated heterocycles.